The van der Waals surface area contributed by atoms with E-state index in [-0.39, 0.29) is 12.5 Å². The fourth-order valence-corrected chi connectivity index (χ4v) is 2.83. The predicted octanol–water partition coefficient (Wildman–Crippen LogP) is 2.30. The van der Waals surface area contributed by atoms with Gasteiger partial charge in [-0.1, -0.05) is 6.92 Å². The Morgan fingerprint density at radius 1 is 1.44 bits per heavy atom. The highest BCUT2D eigenvalue weighted by molar-refractivity contribution is 7.18. The van der Waals surface area contributed by atoms with Crippen LogP contribution >= 0.6 is 11.3 Å². The van der Waals surface area contributed by atoms with Crippen molar-refractivity contribution in [1.82, 2.24) is 4.98 Å². The summed E-state index contributed by atoms with van der Waals surface area (Å²) in [5.74, 6) is -0.987. The Balaban J connectivity index is 2.63. The molecule has 0 N–H and O–H groups in total. The lowest BCUT2D eigenvalue weighted by Crippen LogP contribution is -2.12. The topological polar surface area (TPSA) is 69.4 Å². The summed E-state index contributed by atoms with van der Waals surface area (Å²) in [4.78, 5) is 29.0. The maximum Gasteiger partial charge on any atom is 0.394 e. The lowest BCUT2D eigenvalue weighted by molar-refractivity contribution is 0.0474. The van der Waals surface area contributed by atoms with Crippen LogP contribution in [0.15, 0.2) is 9.21 Å². The molecule has 0 saturated heterocycles. The molecule has 0 amide bonds. The molecule has 5 nitrogen and oxygen atoms in total. The van der Waals surface area contributed by atoms with Gasteiger partial charge >= 0.3 is 17.5 Å². The molecule has 2 aromatic rings. The Labute approximate surface area is 107 Å². The molecule has 0 unspecified atom stereocenters. The first-order chi connectivity index (χ1) is 8.58. The van der Waals surface area contributed by atoms with E-state index in [0.717, 1.165) is 16.9 Å². The van der Waals surface area contributed by atoms with Crippen molar-refractivity contribution in [3.05, 3.63) is 26.8 Å². The van der Waals surface area contributed by atoms with Gasteiger partial charge in [0.1, 0.15) is 10.2 Å². The second kappa shape index (κ2) is 4.89. The number of hydrogen-bond acceptors (Lipinski definition) is 6. The second-order valence-electron chi connectivity index (χ2n) is 3.71. The Morgan fingerprint density at radius 2 is 2.17 bits per heavy atom. The van der Waals surface area contributed by atoms with Gasteiger partial charge in [-0.15, -0.1) is 11.3 Å². The Hall–Kier alpha value is -1.69. The quantitative estimate of drug-likeness (QED) is 0.798. The molecule has 96 valence electrons. The molecule has 0 atom stereocenters. The number of thiophene rings is 1. The smallest absolute Gasteiger partial charge is 0.394 e. The van der Waals surface area contributed by atoms with Gasteiger partial charge in [0.05, 0.1) is 6.61 Å². The van der Waals surface area contributed by atoms with E-state index in [0.29, 0.717) is 10.2 Å². The van der Waals surface area contributed by atoms with E-state index in [1.807, 2.05) is 13.8 Å². The number of nitrogens with zero attached hydrogens (tertiary/aromatic N) is 1. The van der Waals surface area contributed by atoms with Gasteiger partial charge in [-0.2, -0.15) is 4.98 Å². The fourth-order valence-electron chi connectivity index (χ4n) is 1.73. The van der Waals surface area contributed by atoms with Crippen LogP contribution in [-0.2, 0) is 11.2 Å². The summed E-state index contributed by atoms with van der Waals surface area (Å²) >= 11 is 1.41. The molecule has 0 radical (unpaired) electrons. The maximum atomic E-state index is 11.9. The molecule has 18 heavy (non-hydrogen) atoms. The van der Waals surface area contributed by atoms with Gasteiger partial charge in [0.2, 0.25) is 0 Å². The first kappa shape index (κ1) is 12.8. The van der Waals surface area contributed by atoms with Crippen LogP contribution in [0, 0.1) is 6.92 Å². The van der Waals surface area contributed by atoms with Crippen LogP contribution in [0.5, 0.6) is 0 Å². The van der Waals surface area contributed by atoms with Gasteiger partial charge in [-0.3, -0.25) is 0 Å². The van der Waals surface area contributed by atoms with Gasteiger partial charge in [-0.25, -0.2) is 9.59 Å². The Morgan fingerprint density at radius 3 is 2.78 bits per heavy atom. The van der Waals surface area contributed by atoms with Crippen molar-refractivity contribution in [2.45, 2.75) is 27.2 Å². The standard InChI is InChI=1S/C12H13NO4S/c1-4-7-6(3)8-10(18-7)13-9(17-11(8)14)12(15)16-5-2/h4-5H2,1-3H3. The molecule has 0 aliphatic rings. The third-order valence-electron chi connectivity index (χ3n) is 2.59. The summed E-state index contributed by atoms with van der Waals surface area (Å²) in [7, 11) is 0. The van der Waals surface area contributed by atoms with E-state index >= 15 is 0 Å². The van der Waals surface area contributed by atoms with Gasteiger partial charge in [0.15, 0.2) is 0 Å². The molecule has 2 rings (SSSR count). The van der Waals surface area contributed by atoms with Crippen LogP contribution < -0.4 is 5.63 Å². The molecule has 0 bridgehead atoms. The van der Waals surface area contributed by atoms with E-state index < -0.39 is 11.6 Å². The van der Waals surface area contributed by atoms with Gasteiger partial charge < -0.3 is 9.15 Å². The van der Waals surface area contributed by atoms with Crippen molar-refractivity contribution < 1.29 is 13.9 Å². The van der Waals surface area contributed by atoms with E-state index in [1.165, 1.54) is 11.3 Å². The molecule has 0 spiro atoms. The van der Waals surface area contributed by atoms with Gasteiger partial charge in [0.25, 0.3) is 0 Å². The molecule has 0 saturated carbocycles. The molecule has 2 aromatic heterocycles. The minimum atomic E-state index is -0.708. The predicted molar refractivity (Wildman–Crippen MR) is 68.2 cm³/mol. The highest BCUT2D eigenvalue weighted by Gasteiger charge is 2.19. The molecular formula is C12H13NO4S. The molecular weight excluding hydrogens is 254 g/mol. The highest BCUT2D eigenvalue weighted by atomic mass is 32.1. The summed E-state index contributed by atoms with van der Waals surface area (Å²) in [5, 5.41) is 0.463. The first-order valence-electron chi connectivity index (χ1n) is 5.68. The zero-order valence-corrected chi connectivity index (χ0v) is 11.2. The minimum absolute atomic E-state index is 0.214. The van der Waals surface area contributed by atoms with Gasteiger partial charge in [-0.05, 0) is 25.8 Å². The fraction of sp³-hybridized carbons (Fsp3) is 0.417. The number of aryl methyl sites for hydroxylation is 2. The Bertz CT molecular complexity index is 656. The van der Waals surface area contributed by atoms with Crippen molar-refractivity contribution in [3.8, 4) is 0 Å². The first-order valence-corrected chi connectivity index (χ1v) is 6.50. The van der Waals surface area contributed by atoms with Crippen LogP contribution in [-0.4, -0.2) is 17.6 Å². The van der Waals surface area contributed by atoms with Gasteiger partial charge in [0, 0.05) is 4.88 Å². The third-order valence-corrected chi connectivity index (χ3v) is 3.92. The van der Waals surface area contributed by atoms with Crippen molar-refractivity contribution in [2.24, 2.45) is 0 Å². The van der Waals surface area contributed by atoms with Crippen LogP contribution in [0.1, 0.15) is 35.0 Å². The average molecular weight is 267 g/mol. The molecule has 2 heterocycles. The summed E-state index contributed by atoms with van der Waals surface area (Å²) in [6.45, 7) is 5.76. The number of aromatic nitrogens is 1. The maximum absolute atomic E-state index is 11.9. The highest BCUT2D eigenvalue weighted by Crippen LogP contribution is 2.27. The monoisotopic (exact) mass is 267 g/mol. The lowest BCUT2D eigenvalue weighted by atomic mass is 10.2. The molecule has 6 heteroatoms. The third kappa shape index (κ3) is 2.03. The number of rotatable bonds is 3. The van der Waals surface area contributed by atoms with Crippen molar-refractivity contribution in [2.75, 3.05) is 6.61 Å². The average Bonchev–Trinajstić information content (AvgIpc) is 2.66. The summed E-state index contributed by atoms with van der Waals surface area (Å²) in [6, 6.07) is 0. The van der Waals surface area contributed by atoms with E-state index in [9.17, 15) is 9.59 Å². The zero-order valence-electron chi connectivity index (χ0n) is 10.4. The lowest BCUT2D eigenvalue weighted by Gasteiger charge is -1.98. The van der Waals surface area contributed by atoms with Crippen molar-refractivity contribution >= 4 is 27.5 Å². The number of carbonyl (C=O) groups is 1. The molecule has 0 aliphatic heterocycles. The van der Waals surface area contributed by atoms with Crippen molar-refractivity contribution in [1.29, 1.82) is 0 Å². The molecule has 0 aromatic carbocycles. The number of hydrogen-bond donors (Lipinski definition) is 0. The summed E-state index contributed by atoms with van der Waals surface area (Å²) in [5.41, 5.74) is 0.352. The van der Waals surface area contributed by atoms with Crippen LogP contribution in [0.2, 0.25) is 0 Å². The zero-order chi connectivity index (χ0) is 13.3. The molecule has 0 aliphatic carbocycles. The minimum Gasteiger partial charge on any atom is -0.459 e. The van der Waals surface area contributed by atoms with Crippen LogP contribution in [0.3, 0.4) is 0 Å². The van der Waals surface area contributed by atoms with Crippen molar-refractivity contribution in [3.63, 3.8) is 0 Å². The van der Waals surface area contributed by atoms with Crippen LogP contribution in [0.4, 0.5) is 0 Å². The van der Waals surface area contributed by atoms with E-state index in [2.05, 4.69) is 4.98 Å². The van der Waals surface area contributed by atoms with E-state index in [4.69, 9.17) is 9.15 Å². The summed E-state index contributed by atoms with van der Waals surface area (Å²) in [6.07, 6.45) is 0.820. The number of fused-ring (bicyclic) bond motifs is 1. The SMILES string of the molecule is CCOC(=O)c1nc2sc(CC)c(C)c2c(=O)o1. The second-order valence-corrected chi connectivity index (χ2v) is 4.79. The number of carbonyl (C=O) groups excluding carboxylic acids is 1. The van der Waals surface area contributed by atoms with E-state index in [1.54, 1.807) is 6.92 Å². The Kier molecular flexibility index (Phi) is 3.47. The number of ether oxygens (including phenoxy) is 1. The largest absolute Gasteiger partial charge is 0.459 e. The summed E-state index contributed by atoms with van der Waals surface area (Å²) < 4.78 is 9.67. The molecule has 0 fully saturated rings. The normalized spacial score (nSPS) is 10.8. The van der Waals surface area contributed by atoms with Crippen LogP contribution in [0.25, 0.3) is 10.2 Å². The number of esters is 1.